The van der Waals surface area contributed by atoms with Gasteiger partial charge in [-0.2, -0.15) is 0 Å². The van der Waals surface area contributed by atoms with E-state index in [4.69, 9.17) is 0 Å². The van der Waals surface area contributed by atoms with Gasteiger partial charge in [-0.3, -0.25) is 4.79 Å². The fourth-order valence-electron chi connectivity index (χ4n) is 1.98. The predicted molar refractivity (Wildman–Crippen MR) is 94.1 cm³/mol. The molecule has 0 saturated carbocycles. The van der Waals surface area contributed by atoms with Gasteiger partial charge in [0.1, 0.15) is 5.75 Å². The van der Waals surface area contributed by atoms with Crippen molar-refractivity contribution in [3.05, 3.63) is 58.6 Å². The maximum Gasteiger partial charge on any atom is 0.233 e. The maximum atomic E-state index is 12.3. The van der Waals surface area contributed by atoms with Gasteiger partial charge in [-0.25, -0.2) is 0 Å². The third kappa shape index (κ3) is 4.78. The number of carbonyl (C=O) groups excluding carboxylic acids is 1. The van der Waals surface area contributed by atoms with Gasteiger partial charge in [0.2, 0.25) is 5.91 Å². The second-order valence-electron chi connectivity index (χ2n) is 5.04. The normalized spacial score (nSPS) is 13.4. The fraction of sp³-hybridized carbons (Fsp3) is 0.235. The predicted octanol–water partition coefficient (Wildman–Crippen LogP) is 4.51. The van der Waals surface area contributed by atoms with E-state index in [2.05, 4.69) is 21.2 Å². The Bertz CT molecular complexity index is 645. The summed E-state index contributed by atoms with van der Waals surface area (Å²) in [7, 11) is 0. The van der Waals surface area contributed by atoms with Gasteiger partial charge in [-0.05, 0) is 55.8 Å². The molecule has 0 bridgehead atoms. The van der Waals surface area contributed by atoms with Gasteiger partial charge in [-0.15, -0.1) is 11.8 Å². The van der Waals surface area contributed by atoms with Crippen LogP contribution >= 0.6 is 27.7 Å². The van der Waals surface area contributed by atoms with Crippen LogP contribution in [0.1, 0.15) is 25.5 Å². The summed E-state index contributed by atoms with van der Waals surface area (Å²) in [6, 6.07) is 14.7. The number of phenols is 1. The third-order valence-corrected chi connectivity index (χ3v) is 4.87. The molecule has 0 heterocycles. The summed E-state index contributed by atoms with van der Waals surface area (Å²) in [5.41, 5.74) is 0.884. The Morgan fingerprint density at radius 3 is 2.50 bits per heavy atom. The van der Waals surface area contributed by atoms with Crippen LogP contribution in [0.5, 0.6) is 5.75 Å². The highest BCUT2D eigenvalue weighted by molar-refractivity contribution is 9.10. The first-order valence-corrected chi connectivity index (χ1v) is 8.64. The van der Waals surface area contributed by atoms with Gasteiger partial charge in [0.05, 0.1) is 11.3 Å². The molecule has 0 radical (unpaired) electrons. The van der Waals surface area contributed by atoms with E-state index in [0.29, 0.717) is 0 Å². The molecule has 22 heavy (non-hydrogen) atoms. The van der Waals surface area contributed by atoms with Crippen LogP contribution in [0.3, 0.4) is 0 Å². The summed E-state index contributed by atoms with van der Waals surface area (Å²) < 4.78 is 1.02. The molecule has 3 nitrogen and oxygen atoms in total. The average Bonchev–Trinajstić information content (AvgIpc) is 2.49. The molecule has 0 fully saturated rings. The molecule has 0 aliphatic carbocycles. The molecule has 1 amide bonds. The van der Waals surface area contributed by atoms with Gasteiger partial charge < -0.3 is 10.4 Å². The summed E-state index contributed by atoms with van der Waals surface area (Å²) in [5.74, 6) is 0.180. The van der Waals surface area contributed by atoms with Crippen molar-refractivity contribution in [3.63, 3.8) is 0 Å². The first-order valence-electron chi connectivity index (χ1n) is 6.97. The first kappa shape index (κ1) is 16.9. The number of benzene rings is 2. The van der Waals surface area contributed by atoms with Crippen LogP contribution in [-0.4, -0.2) is 16.3 Å². The van der Waals surface area contributed by atoms with Crippen molar-refractivity contribution in [1.29, 1.82) is 0 Å². The second-order valence-corrected chi connectivity index (χ2v) is 7.37. The maximum absolute atomic E-state index is 12.3. The van der Waals surface area contributed by atoms with Crippen LogP contribution in [-0.2, 0) is 4.79 Å². The molecule has 2 atom stereocenters. The van der Waals surface area contributed by atoms with Gasteiger partial charge in [0.15, 0.2) is 0 Å². The molecule has 2 aromatic rings. The number of amides is 1. The lowest BCUT2D eigenvalue weighted by atomic mass is 10.1. The number of carbonyl (C=O) groups is 1. The Labute approximate surface area is 143 Å². The molecule has 2 N–H and O–H groups in total. The van der Waals surface area contributed by atoms with Crippen molar-refractivity contribution >= 4 is 33.6 Å². The summed E-state index contributed by atoms with van der Waals surface area (Å²) >= 11 is 4.91. The third-order valence-electron chi connectivity index (χ3n) is 3.22. The number of aromatic hydroxyl groups is 1. The number of phenolic OH excluding ortho intramolecular Hbond substituents is 1. The molecule has 2 aromatic carbocycles. The monoisotopic (exact) mass is 379 g/mol. The molecule has 2 unspecified atom stereocenters. The Hall–Kier alpha value is -1.46. The molecule has 2 rings (SSSR count). The van der Waals surface area contributed by atoms with Gasteiger partial charge in [0, 0.05) is 9.37 Å². The lowest BCUT2D eigenvalue weighted by Gasteiger charge is -2.18. The largest absolute Gasteiger partial charge is 0.508 e. The molecule has 0 aliphatic rings. The highest BCUT2D eigenvalue weighted by Crippen LogP contribution is 2.26. The average molecular weight is 380 g/mol. The van der Waals surface area contributed by atoms with Crippen LogP contribution in [0.25, 0.3) is 0 Å². The Morgan fingerprint density at radius 2 is 1.86 bits per heavy atom. The molecule has 0 saturated heterocycles. The minimum atomic E-state index is -0.194. The molecule has 0 aliphatic heterocycles. The van der Waals surface area contributed by atoms with Gasteiger partial charge >= 0.3 is 0 Å². The van der Waals surface area contributed by atoms with Crippen molar-refractivity contribution in [2.45, 2.75) is 30.0 Å². The fourth-order valence-corrected chi connectivity index (χ4v) is 3.12. The first-order chi connectivity index (χ1) is 10.5. The van der Waals surface area contributed by atoms with E-state index in [9.17, 15) is 9.90 Å². The molecule has 5 heteroatoms. The van der Waals surface area contributed by atoms with E-state index in [0.717, 1.165) is 14.9 Å². The lowest BCUT2D eigenvalue weighted by molar-refractivity contribution is -0.120. The Kier molecular flexibility index (Phi) is 5.91. The van der Waals surface area contributed by atoms with Crippen molar-refractivity contribution in [1.82, 2.24) is 5.32 Å². The van der Waals surface area contributed by atoms with Crippen LogP contribution in [0.4, 0.5) is 0 Å². The van der Waals surface area contributed by atoms with Crippen LogP contribution in [0.15, 0.2) is 57.9 Å². The van der Waals surface area contributed by atoms with Crippen molar-refractivity contribution < 1.29 is 9.90 Å². The Morgan fingerprint density at radius 1 is 1.18 bits per heavy atom. The number of rotatable bonds is 5. The van der Waals surface area contributed by atoms with E-state index in [1.807, 2.05) is 44.2 Å². The minimum absolute atomic E-state index is 0.0243. The summed E-state index contributed by atoms with van der Waals surface area (Å²) in [4.78, 5) is 13.3. The lowest BCUT2D eigenvalue weighted by Crippen LogP contribution is -2.33. The molecule has 0 spiro atoms. The smallest absolute Gasteiger partial charge is 0.233 e. The number of thioether (sulfide) groups is 1. The summed E-state index contributed by atoms with van der Waals surface area (Å²) in [5, 5.41) is 12.3. The van der Waals surface area contributed by atoms with E-state index in [1.54, 1.807) is 18.2 Å². The second kappa shape index (κ2) is 7.70. The van der Waals surface area contributed by atoms with Crippen LogP contribution in [0, 0.1) is 0 Å². The highest BCUT2D eigenvalue weighted by Gasteiger charge is 2.17. The topological polar surface area (TPSA) is 49.3 Å². The summed E-state index contributed by atoms with van der Waals surface area (Å²) in [6.07, 6.45) is 0. The van der Waals surface area contributed by atoms with Crippen molar-refractivity contribution in [2.75, 3.05) is 0 Å². The van der Waals surface area contributed by atoms with E-state index >= 15 is 0 Å². The zero-order valence-electron chi connectivity index (χ0n) is 12.4. The van der Waals surface area contributed by atoms with E-state index in [1.165, 1.54) is 11.8 Å². The molecular formula is C17H18BrNO2S. The van der Waals surface area contributed by atoms with Gasteiger partial charge in [0.25, 0.3) is 0 Å². The van der Waals surface area contributed by atoms with Crippen molar-refractivity contribution in [2.24, 2.45) is 0 Å². The number of halogens is 1. The Balaban J connectivity index is 1.94. The van der Waals surface area contributed by atoms with E-state index in [-0.39, 0.29) is 22.9 Å². The minimum Gasteiger partial charge on any atom is -0.508 e. The molecular weight excluding hydrogens is 362 g/mol. The number of hydrogen-bond acceptors (Lipinski definition) is 3. The SMILES string of the molecule is CC(Sc1ccc(Br)cc1)C(=O)NC(C)c1cccc(O)c1. The standard InChI is InChI=1S/C17H18BrNO2S/c1-11(13-4-3-5-15(20)10-13)19-17(21)12(2)22-16-8-6-14(18)7-9-16/h3-12,20H,1-2H3,(H,19,21). The van der Waals surface area contributed by atoms with Crippen LogP contribution in [0.2, 0.25) is 0 Å². The number of hydrogen-bond donors (Lipinski definition) is 2. The quantitative estimate of drug-likeness (QED) is 0.751. The molecule has 116 valence electrons. The highest BCUT2D eigenvalue weighted by atomic mass is 79.9. The van der Waals surface area contributed by atoms with E-state index < -0.39 is 0 Å². The number of nitrogens with one attached hydrogen (secondary N) is 1. The zero-order chi connectivity index (χ0) is 16.1. The van der Waals surface area contributed by atoms with Gasteiger partial charge in [-0.1, -0.05) is 28.1 Å². The molecule has 0 aromatic heterocycles. The van der Waals surface area contributed by atoms with Crippen LogP contribution < -0.4 is 5.32 Å². The zero-order valence-corrected chi connectivity index (χ0v) is 14.8. The van der Waals surface area contributed by atoms with Crippen molar-refractivity contribution in [3.8, 4) is 5.75 Å². The summed E-state index contributed by atoms with van der Waals surface area (Å²) in [6.45, 7) is 3.79.